The van der Waals surface area contributed by atoms with Gasteiger partial charge in [-0.15, -0.1) is 0 Å². The van der Waals surface area contributed by atoms with E-state index in [0.717, 1.165) is 11.4 Å². The molecule has 1 heteroatoms. The van der Waals surface area contributed by atoms with Crippen molar-refractivity contribution in [3.05, 3.63) is 198 Å². The highest BCUT2D eigenvalue weighted by Crippen LogP contribution is 2.70. The van der Waals surface area contributed by atoms with E-state index in [9.17, 15) is 0 Å². The monoisotopic (exact) mass is 607 g/mol. The van der Waals surface area contributed by atoms with Crippen LogP contribution in [0.2, 0.25) is 0 Å². The van der Waals surface area contributed by atoms with Crippen LogP contribution >= 0.6 is 0 Å². The van der Waals surface area contributed by atoms with Crippen molar-refractivity contribution in [2.75, 3.05) is 4.90 Å². The van der Waals surface area contributed by atoms with Gasteiger partial charge in [0.05, 0.1) is 11.1 Å². The van der Waals surface area contributed by atoms with E-state index in [1.807, 2.05) is 0 Å². The Morgan fingerprint density at radius 2 is 0.896 bits per heavy atom. The normalized spacial score (nSPS) is 15.6. The maximum Gasteiger partial charge on any atom is 0.0738 e. The second-order valence-electron chi connectivity index (χ2n) is 13.2. The summed E-state index contributed by atoms with van der Waals surface area (Å²) in [5, 5.41) is 2.47. The van der Waals surface area contributed by atoms with Crippen molar-refractivity contribution >= 4 is 27.8 Å². The molecular formula is C47H29N. The fourth-order valence-electron chi connectivity index (χ4n) is 9.14. The van der Waals surface area contributed by atoms with E-state index in [1.54, 1.807) is 0 Å². The second-order valence-corrected chi connectivity index (χ2v) is 13.2. The van der Waals surface area contributed by atoms with Crippen molar-refractivity contribution in [3.63, 3.8) is 0 Å². The zero-order chi connectivity index (χ0) is 31.4. The Bertz CT molecular complexity index is 2570. The predicted molar refractivity (Wildman–Crippen MR) is 199 cm³/mol. The molecule has 0 saturated heterocycles. The van der Waals surface area contributed by atoms with E-state index in [2.05, 4.69) is 181 Å². The molecular weight excluding hydrogens is 579 g/mol. The highest BCUT2D eigenvalue weighted by atomic mass is 15.1. The topological polar surface area (TPSA) is 3.24 Å². The molecule has 1 nitrogen and oxygen atoms in total. The number of rotatable bonds is 4. The molecule has 0 aromatic heterocycles. The van der Waals surface area contributed by atoms with Gasteiger partial charge in [-0.1, -0.05) is 146 Å². The van der Waals surface area contributed by atoms with Crippen molar-refractivity contribution in [1.82, 2.24) is 0 Å². The van der Waals surface area contributed by atoms with Gasteiger partial charge >= 0.3 is 0 Å². The quantitative estimate of drug-likeness (QED) is 0.192. The maximum atomic E-state index is 2.50. The van der Waals surface area contributed by atoms with Crippen molar-refractivity contribution < 1.29 is 0 Å². The van der Waals surface area contributed by atoms with Crippen LogP contribution in [0.1, 0.15) is 22.3 Å². The lowest BCUT2D eigenvalue weighted by atomic mass is 9.73. The smallest absolute Gasteiger partial charge is 0.0738 e. The average molecular weight is 608 g/mol. The van der Waals surface area contributed by atoms with Crippen LogP contribution < -0.4 is 4.90 Å². The first-order chi connectivity index (χ1) is 23.8. The molecule has 0 radical (unpaired) electrons. The summed E-state index contributed by atoms with van der Waals surface area (Å²) in [5.41, 5.74) is 19.4. The number of nitrogens with zero attached hydrogens (tertiary/aromatic N) is 1. The Labute approximate surface area is 280 Å². The summed E-state index contributed by atoms with van der Waals surface area (Å²) in [6.45, 7) is 0. The van der Waals surface area contributed by atoms with Crippen LogP contribution in [-0.2, 0) is 5.41 Å². The van der Waals surface area contributed by atoms with Crippen molar-refractivity contribution in [2.45, 2.75) is 5.41 Å². The Hall–Kier alpha value is -6.18. The van der Waals surface area contributed by atoms with Crippen LogP contribution in [-0.4, -0.2) is 0 Å². The molecule has 222 valence electrons. The van der Waals surface area contributed by atoms with E-state index in [4.69, 9.17) is 0 Å². The standard InChI is InChI=1S/C47H29N/c1-2-11-30(12-3-1)31-23-25-33(26-24-31)48(44-22-8-14-32-13-4-5-15-35(32)44)34-27-28-37-39-18-10-20-41-40-19-9-17-38-36-16-6-7-21-42(36)47(45(38)40,46(39)41)43(37)29-34/h1-29H. The van der Waals surface area contributed by atoms with E-state index in [-0.39, 0.29) is 5.41 Å². The minimum Gasteiger partial charge on any atom is -0.310 e. The minimum absolute atomic E-state index is 0.318. The van der Waals surface area contributed by atoms with E-state index >= 15 is 0 Å². The third-order valence-electron chi connectivity index (χ3n) is 11.0. The molecule has 1 unspecified atom stereocenters. The molecule has 3 aliphatic rings. The van der Waals surface area contributed by atoms with Gasteiger partial charge in [-0.2, -0.15) is 0 Å². The zero-order valence-corrected chi connectivity index (χ0v) is 26.2. The third kappa shape index (κ3) is 3.21. The van der Waals surface area contributed by atoms with Crippen LogP contribution in [0.25, 0.3) is 55.3 Å². The molecule has 1 spiro atoms. The first kappa shape index (κ1) is 25.9. The largest absolute Gasteiger partial charge is 0.310 e. The predicted octanol–water partition coefficient (Wildman–Crippen LogP) is 12.3. The molecule has 1 atom stereocenters. The molecule has 11 rings (SSSR count). The van der Waals surface area contributed by atoms with Gasteiger partial charge in [0.25, 0.3) is 0 Å². The molecule has 0 amide bonds. The Balaban J connectivity index is 1.18. The Kier molecular flexibility index (Phi) is 5.10. The molecule has 0 heterocycles. The molecule has 0 saturated carbocycles. The van der Waals surface area contributed by atoms with E-state index in [1.165, 1.54) is 83.2 Å². The van der Waals surface area contributed by atoms with Crippen LogP contribution in [0.3, 0.4) is 0 Å². The van der Waals surface area contributed by atoms with Gasteiger partial charge < -0.3 is 4.90 Å². The summed E-state index contributed by atoms with van der Waals surface area (Å²) < 4.78 is 0. The van der Waals surface area contributed by atoms with E-state index in [0.29, 0.717) is 0 Å². The lowest BCUT2D eigenvalue weighted by Gasteiger charge is -2.31. The average Bonchev–Trinajstić information content (AvgIpc) is 3.75. The van der Waals surface area contributed by atoms with Crippen LogP contribution in [0, 0.1) is 0 Å². The molecule has 3 aliphatic carbocycles. The second kappa shape index (κ2) is 9.44. The fraction of sp³-hybridized carbons (Fsp3) is 0.0213. The van der Waals surface area contributed by atoms with Gasteiger partial charge in [-0.25, -0.2) is 0 Å². The van der Waals surface area contributed by atoms with Gasteiger partial charge in [0, 0.05) is 16.8 Å². The lowest BCUT2D eigenvalue weighted by molar-refractivity contribution is 0.818. The molecule has 0 aliphatic heterocycles. The van der Waals surface area contributed by atoms with Crippen molar-refractivity contribution in [3.8, 4) is 44.5 Å². The van der Waals surface area contributed by atoms with Crippen molar-refractivity contribution in [1.29, 1.82) is 0 Å². The molecule has 0 N–H and O–H groups in total. The van der Waals surface area contributed by atoms with Gasteiger partial charge in [0.2, 0.25) is 0 Å². The van der Waals surface area contributed by atoms with Crippen molar-refractivity contribution in [2.24, 2.45) is 0 Å². The molecule has 0 bridgehead atoms. The third-order valence-corrected chi connectivity index (χ3v) is 11.0. The summed E-state index contributed by atoms with van der Waals surface area (Å²) in [4.78, 5) is 2.46. The number of anilines is 3. The van der Waals surface area contributed by atoms with Gasteiger partial charge in [0.1, 0.15) is 0 Å². The summed E-state index contributed by atoms with van der Waals surface area (Å²) in [6.07, 6.45) is 0. The molecule has 48 heavy (non-hydrogen) atoms. The van der Waals surface area contributed by atoms with Crippen LogP contribution in [0.4, 0.5) is 17.1 Å². The minimum atomic E-state index is -0.318. The number of fused-ring (bicyclic) bond motifs is 6. The summed E-state index contributed by atoms with van der Waals surface area (Å²) in [5.74, 6) is 0. The fourth-order valence-corrected chi connectivity index (χ4v) is 9.14. The Morgan fingerprint density at radius 3 is 1.67 bits per heavy atom. The molecule has 8 aromatic rings. The summed E-state index contributed by atoms with van der Waals surface area (Å²) in [6, 6.07) is 65.2. The summed E-state index contributed by atoms with van der Waals surface area (Å²) in [7, 11) is 0. The SMILES string of the molecule is c1ccc(-c2ccc(N(c3ccc4c(c3)C35c6ccccc6-c6cccc(c63)-c3cccc-4c35)c3cccc4ccccc34)cc2)cc1. The lowest BCUT2D eigenvalue weighted by Crippen LogP contribution is -2.23. The molecule has 0 fully saturated rings. The first-order valence-corrected chi connectivity index (χ1v) is 16.8. The zero-order valence-electron chi connectivity index (χ0n) is 26.2. The molecule has 8 aromatic carbocycles. The maximum absolute atomic E-state index is 2.50. The van der Waals surface area contributed by atoms with Gasteiger partial charge in [-0.05, 0) is 102 Å². The number of hydrogen-bond donors (Lipinski definition) is 0. The summed E-state index contributed by atoms with van der Waals surface area (Å²) >= 11 is 0. The van der Waals surface area contributed by atoms with Crippen LogP contribution in [0.15, 0.2) is 176 Å². The van der Waals surface area contributed by atoms with Crippen LogP contribution in [0.5, 0.6) is 0 Å². The Morgan fingerprint density at radius 1 is 0.354 bits per heavy atom. The number of hydrogen-bond acceptors (Lipinski definition) is 1. The highest BCUT2D eigenvalue weighted by Gasteiger charge is 2.57. The first-order valence-electron chi connectivity index (χ1n) is 16.8. The highest BCUT2D eigenvalue weighted by molar-refractivity contribution is 6.07. The van der Waals surface area contributed by atoms with E-state index < -0.39 is 0 Å². The number of benzene rings is 8. The van der Waals surface area contributed by atoms with Gasteiger partial charge in [-0.3, -0.25) is 0 Å². The van der Waals surface area contributed by atoms with Gasteiger partial charge in [0.15, 0.2) is 0 Å².